The van der Waals surface area contributed by atoms with Gasteiger partial charge in [-0.1, -0.05) is 0 Å². The van der Waals surface area contributed by atoms with Crippen LogP contribution >= 0.6 is 0 Å². The zero-order chi connectivity index (χ0) is 10.7. The van der Waals surface area contributed by atoms with E-state index in [-0.39, 0.29) is 11.9 Å². The van der Waals surface area contributed by atoms with Gasteiger partial charge in [0.1, 0.15) is 5.82 Å². The summed E-state index contributed by atoms with van der Waals surface area (Å²) >= 11 is 0. The van der Waals surface area contributed by atoms with Crippen molar-refractivity contribution in [2.75, 3.05) is 5.43 Å². The summed E-state index contributed by atoms with van der Waals surface area (Å²) in [5, 5.41) is 0. The molecule has 0 aromatic carbocycles. The van der Waals surface area contributed by atoms with Crippen LogP contribution in [0.3, 0.4) is 0 Å². The predicted octanol–water partition coefficient (Wildman–Crippen LogP) is 2.33. The van der Waals surface area contributed by atoms with E-state index < -0.39 is 0 Å². The molecular formula is C11H12FN3. The molecule has 3 nitrogen and oxygen atoms in total. The second-order valence-corrected chi connectivity index (χ2v) is 3.38. The second kappa shape index (κ2) is 4.13. The van der Waals surface area contributed by atoms with Gasteiger partial charge in [0.15, 0.2) is 0 Å². The molecule has 78 valence electrons. The minimum absolute atomic E-state index is 0.0144. The summed E-state index contributed by atoms with van der Waals surface area (Å²) in [5.74, 6) is -0.311. The highest BCUT2D eigenvalue weighted by Crippen LogP contribution is 2.12. The van der Waals surface area contributed by atoms with Gasteiger partial charge in [-0.05, 0) is 30.7 Å². The first-order chi connectivity index (χ1) is 7.25. The molecule has 1 atom stereocenters. The third-order valence-corrected chi connectivity index (χ3v) is 2.17. The fourth-order valence-electron chi connectivity index (χ4n) is 1.38. The van der Waals surface area contributed by atoms with Gasteiger partial charge in [-0.2, -0.15) is 0 Å². The molecule has 0 saturated carbocycles. The average Bonchev–Trinajstić information content (AvgIpc) is 2.70. The van der Waals surface area contributed by atoms with E-state index in [0.717, 1.165) is 5.56 Å². The van der Waals surface area contributed by atoms with E-state index in [0.29, 0.717) is 0 Å². The van der Waals surface area contributed by atoms with Crippen molar-refractivity contribution >= 4 is 0 Å². The number of pyridine rings is 1. The van der Waals surface area contributed by atoms with Gasteiger partial charge in [0.2, 0.25) is 0 Å². The van der Waals surface area contributed by atoms with E-state index in [1.807, 2.05) is 36.1 Å². The standard InChI is InChI=1S/C11H12FN3/c1-9(14-15-4-2-3-5-15)10-6-11(12)8-13-7-10/h2-9,14H,1H3. The zero-order valence-electron chi connectivity index (χ0n) is 8.39. The van der Waals surface area contributed by atoms with Crippen molar-refractivity contribution in [1.82, 2.24) is 9.66 Å². The van der Waals surface area contributed by atoms with Crippen molar-refractivity contribution in [1.29, 1.82) is 0 Å². The Labute approximate surface area is 87.5 Å². The van der Waals surface area contributed by atoms with Gasteiger partial charge in [-0.25, -0.2) is 4.39 Å². The molecule has 0 radical (unpaired) electrons. The molecular weight excluding hydrogens is 193 g/mol. The van der Waals surface area contributed by atoms with Crippen molar-refractivity contribution < 1.29 is 4.39 Å². The van der Waals surface area contributed by atoms with Crippen LogP contribution in [-0.2, 0) is 0 Å². The van der Waals surface area contributed by atoms with Crippen LogP contribution in [-0.4, -0.2) is 9.66 Å². The highest BCUT2D eigenvalue weighted by atomic mass is 19.1. The minimum atomic E-state index is -0.311. The highest BCUT2D eigenvalue weighted by Gasteiger charge is 2.05. The molecule has 0 aliphatic rings. The molecule has 2 aromatic rings. The third-order valence-electron chi connectivity index (χ3n) is 2.17. The number of nitrogens with zero attached hydrogens (tertiary/aromatic N) is 2. The zero-order valence-corrected chi connectivity index (χ0v) is 8.39. The fraction of sp³-hybridized carbons (Fsp3) is 0.182. The van der Waals surface area contributed by atoms with E-state index in [1.54, 1.807) is 6.20 Å². The highest BCUT2D eigenvalue weighted by molar-refractivity contribution is 5.17. The van der Waals surface area contributed by atoms with Gasteiger partial charge in [-0.3, -0.25) is 9.66 Å². The summed E-state index contributed by atoms with van der Waals surface area (Å²) in [4.78, 5) is 3.81. The summed E-state index contributed by atoms with van der Waals surface area (Å²) in [6.45, 7) is 1.95. The lowest BCUT2D eigenvalue weighted by molar-refractivity contribution is 0.613. The van der Waals surface area contributed by atoms with Gasteiger partial charge >= 0.3 is 0 Å². The SMILES string of the molecule is CC(Nn1cccc1)c1cncc(F)c1. The van der Waals surface area contributed by atoms with Crippen molar-refractivity contribution in [3.8, 4) is 0 Å². The van der Waals surface area contributed by atoms with Crippen LogP contribution < -0.4 is 5.43 Å². The number of rotatable bonds is 3. The molecule has 1 N–H and O–H groups in total. The molecule has 4 heteroatoms. The van der Waals surface area contributed by atoms with Crippen LogP contribution in [0.25, 0.3) is 0 Å². The van der Waals surface area contributed by atoms with Gasteiger partial charge < -0.3 is 5.43 Å². The maximum atomic E-state index is 12.9. The Morgan fingerprint density at radius 1 is 1.33 bits per heavy atom. The lowest BCUT2D eigenvalue weighted by Crippen LogP contribution is -2.17. The summed E-state index contributed by atoms with van der Waals surface area (Å²) in [6, 6.07) is 5.34. The first-order valence-corrected chi connectivity index (χ1v) is 4.75. The summed E-state index contributed by atoms with van der Waals surface area (Å²) in [5.41, 5.74) is 4.00. The average molecular weight is 205 g/mol. The molecule has 0 amide bonds. The maximum absolute atomic E-state index is 12.9. The van der Waals surface area contributed by atoms with E-state index in [4.69, 9.17) is 0 Å². The monoisotopic (exact) mass is 205 g/mol. The predicted molar refractivity (Wildman–Crippen MR) is 56.4 cm³/mol. The molecule has 0 spiro atoms. The third kappa shape index (κ3) is 2.34. The molecule has 0 aliphatic heterocycles. The largest absolute Gasteiger partial charge is 0.319 e. The molecule has 0 aliphatic carbocycles. The Bertz CT molecular complexity index is 425. The normalized spacial score (nSPS) is 12.4. The van der Waals surface area contributed by atoms with Crippen molar-refractivity contribution in [3.05, 3.63) is 54.4 Å². The van der Waals surface area contributed by atoms with Gasteiger partial charge in [0.05, 0.1) is 12.2 Å². The molecule has 2 heterocycles. The van der Waals surface area contributed by atoms with Crippen LogP contribution in [0.2, 0.25) is 0 Å². The number of nitrogens with one attached hydrogen (secondary N) is 1. The molecule has 0 fully saturated rings. The lowest BCUT2D eigenvalue weighted by atomic mass is 10.1. The Morgan fingerprint density at radius 2 is 2.07 bits per heavy atom. The number of halogens is 1. The van der Waals surface area contributed by atoms with Crippen LogP contribution in [0.15, 0.2) is 43.0 Å². The Balaban J connectivity index is 2.11. The molecule has 0 saturated heterocycles. The Hall–Kier alpha value is -1.84. The van der Waals surface area contributed by atoms with Gasteiger partial charge in [-0.15, -0.1) is 0 Å². The smallest absolute Gasteiger partial charge is 0.141 e. The molecule has 1 unspecified atom stereocenters. The van der Waals surface area contributed by atoms with Gasteiger partial charge in [0.25, 0.3) is 0 Å². The number of hydrogen-bond donors (Lipinski definition) is 1. The maximum Gasteiger partial charge on any atom is 0.141 e. The Kier molecular flexibility index (Phi) is 2.67. The molecule has 15 heavy (non-hydrogen) atoms. The van der Waals surface area contributed by atoms with Crippen molar-refractivity contribution in [3.63, 3.8) is 0 Å². The van der Waals surface area contributed by atoms with Crippen LogP contribution in [0.1, 0.15) is 18.5 Å². The van der Waals surface area contributed by atoms with E-state index in [1.165, 1.54) is 12.3 Å². The summed E-state index contributed by atoms with van der Waals surface area (Å²) in [6.07, 6.45) is 6.64. The quantitative estimate of drug-likeness (QED) is 0.833. The first-order valence-electron chi connectivity index (χ1n) is 4.75. The van der Waals surface area contributed by atoms with Crippen molar-refractivity contribution in [2.45, 2.75) is 13.0 Å². The van der Waals surface area contributed by atoms with Crippen LogP contribution in [0.4, 0.5) is 4.39 Å². The van der Waals surface area contributed by atoms with E-state index >= 15 is 0 Å². The number of hydrogen-bond acceptors (Lipinski definition) is 2. The first kappa shape index (κ1) is 9.71. The number of aromatic nitrogens is 2. The van der Waals surface area contributed by atoms with E-state index in [2.05, 4.69) is 10.4 Å². The molecule has 2 aromatic heterocycles. The Morgan fingerprint density at radius 3 is 2.73 bits per heavy atom. The van der Waals surface area contributed by atoms with Crippen LogP contribution in [0, 0.1) is 5.82 Å². The summed E-state index contributed by atoms with van der Waals surface area (Å²) in [7, 11) is 0. The fourth-order valence-corrected chi connectivity index (χ4v) is 1.38. The lowest BCUT2D eigenvalue weighted by Gasteiger charge is -2.15. The van der Waals surface area contributed by atoms with E-state index in [9.17, 15) is 4.39 Å². The molecule has 2 rings (SSSR count). The van der Waals surface area contributed by atoms with Crippen LogP contribution in [0.5, 0.6) is 0 Å². The molecule has 0 bridgehead atoms. The minimum Gasteiger partial charge on any atom is -0.319 e. The van der Waals surface area contributed by atoms with Crippen molar-refractivity contribution in [2.24, 2.45) is 0 Å². The summed E-state index contributed by atoms with van der Waals surface area (Å²) < 4.78 is 14.7. The topological polar surface area (TPSA) is 29.9 Å². The second-order valence-electron chi connectivity index (χ2n) is 3.38. The van der Waals surface area contributed by atoms with Gasteiger partial charge in [0, 0.05) is 18.6 Å².